The van der Waals surface area contributed by atoms with E-state index in [1.165, 1.54) is 18.8 Å². The number of benzene rings is 6. The smallest absolute Gasteiger partial charge is 0.255 e. The normalized spacial score (nSPS) is 12.0. The Hall–Kier alpha value is -12.4. The lowest BCUT2D eigenvalue weighted by molar-refractivity contribution is 0.0945. The number of aryl methyl sites for hydroxylation is 3. The summed E-state index contributed by atoms with van der Waals surface area (Å²) < 4.78 is 41.0. The van der Waals surface area contributed by atoms with E-state index in [1.807, 2.05) is 170 Å². The second-order valence-electron chi connectivity index (χ2n) is 22.3. The summed E-state index contributed by atoms with van der Waals surface area (Å²) in [7, 11) is 7.42. The molecule has 21 heteroatoms. The largest absolute Gasteiger partial charge is 0.463 e. The molecule has 1 aliphatic rings. The first-order valence-electron chi connectivity index (χ1n) is 29.9. The molecule has 1 fully saturated rings. The van der Waals surface area contributed by atoms with Gasteiger partial charge in [0.25, 0.3) is 17.7 Å². The van der Waals surface area contributed by atoms with Gasteiger partial charge in [0.15, 0.2) is 0 Å². The number of hydrogen-bond acceptors (Lipinski definition) is 15. The van der Waals surface area contributed by atoms with Crippen molar-refractivity contribution in [3.05, 3.63) is 219 Å². The average Bonchev–Trinajstić information content (AvgIpc) is 1.78. The number of nitrogens with zero attached hydrogens (tertiary/aromatic N) is 9. The number of ether oxygens (including phenoxy) is 3. The van der Waals surface area contributed by atoms with Crippen molar-refractivity contribution in [3.8, 4) is 68.3 Å². The number of amides is 3. The maximum Gasteiger partial charge on any atom is 0.255 e. The molecule has 6 aromatic carbocycles. The first kappa shape index (κ1) is 58.3. The molecule has 21 nitrogen and oxygen atoms in total. The third kappa shape index (κ3) is 12.3. The van der Waals surface area contributed by atoms with Crippen LogP contribution in [0.3, 0.4) is 0 Å². The van der Waals surface area contributed by atoms with Gasteiger partial charge in [-0.25, -0.2) is 15.0 Å². The number of furan rings is 3. The van der Waals surface area contributed by atoms with E-state index in [4.69, 9.17) is 27.5 Å². The summed E-state index contributed by atoms with van der Waals surface area (Å²) in [6, 6.07) is 40.1. The molecule has 93 heavy (non-hydrogen) atoms. The van der Waals surface area contributed by atoms with Crippen LogP contribution in [-0.4, -0.2) is 81.0 Å². The van der Waals surface area contributed by atoms with E-state index < -0.39 is 0 Å². The minimum Gasteiger partial charge on any atom is -0.463 e. The zero-order valence-electron chi connectivity index (χ0n) is 51.0. The molecule has 460 valence electrons. The van der Waals surface area contributed by atoms with E-state index >= 15 is 0 Å². The second-order valence-corrected chi connectivity index (χ2v) is 22.3. The van der Waals surface area contributed by atoms with Gasteiger partial charge in [-0.3, -0.25) is 29.3 Å². The molecule has 0 aliphatic heterocycles. The van der Waals surface area contributed by atoms with E-state index in [-0.39, 0.29) is 17.7 Å². The molecule has 9 aromatic heterocycles. The quantitative estimate of drug-likeness (QED) is 0.0916. The Bertz CT molecular complexity index is 5340. The number of imidazole rings is 3. The lowest BCUT2D eigenvalue weighted by atomic mass is 10.1. The van der Waals surface area contributed by atoms with E-state index in [9.17, 15) is 14.4 Å². The van der Waals surface area contributed by atoms with Gasteiger partial charge in [-0.05, 0) is 111 Å². The van der Waals surface area contributed by atoms with Gasteiger partial charge in [-0.2, -0.15) is 0 Å². The average molecular weight is 1240 g/mol. The SMILES string of the molecule is CCNC(=O)c1coc2cc(Oc3ccnc4cc(-c5cn(C)cn5)ccc34)ccc12.CNC(=O)c1coc2cc(Oc3ccnc4cc(-c5cn(C)cn5)ccc34)ccc12.Cn1cnc(-c2ccc3c(Oc4ccc5c(C(=O)NC6CC6)coc5c4)ccnc3c2)c1. The van der Waals surface area contributed by atoms with Gasteiger partial charge in [-0.15, -0.1) is 0 Å². The van der Waals surface area contributed by atoms with Crippen molar-refractivity contribution >= 4 is 83.3 Å². The zero-order valence-corrected chi connectivity index (χ0v) is 51.0. The lowest BCUT2D eigenvalue weighted by Gasteiger charge is -2.09. The highest BCUT2D eigenvalue weighted by Gasteiger charge is 2.26. The molecule has 0 saturated heterocycles. The minimum atomic E-state index is -0.189. The predicted octanol–water partition coefficient (Wildman–Crippen LogP) is 14.5. The van der Waals surface area contributed by atoms with Crippen molar-refractivity contribution in [2.24, 2.45) is 21.1 Å². The summed E-state index contributed by atoms with van der Waals surface area (Å²) in [5.41, 5.74) is 11.5. The summed E-state index contributed by atoms with van der Waals surface area (Å²) in [6.07, 6.45) is 22.9. The molecule has 9 heterocycles. The monoisotopic (exact) mass is 1230 g/mol. The van der Waals surface area contributed by atoms with E-state index in [2.05, 4.69) is 45.9 Å². The molecule has 0 unspecified atom stereocenters. The van der Waals surface area contributed by atoms with Crippen molar-refractivity contribution < 1.29 is 41.8 Å². The van der Waals surface area contributed by atoms with Crippen LogP contribution in [0.2, 0.25) is 0 Å². The summed E-state index contributed by atoms with van der Waals surface area (Å²) in [5, 5.41) is 13.3. The number of nitrogens with one attached hydrogen (secondary N) is 3. The predicted molar refractivity (Wildman–Crippen MR) is 353 cm³/mol. The highest BCUT2D eigenvalue weighted by molar-refractivity contribution is 6.08. The molecule has 3 amide bonds. The van der Waals surface area contributed by atoms with Crippen LogP contribution in [0.25, 0.3) is 99.4 Å². The Labute approximate surface area is 530 Å². The maximum atomic E-state index is 12.4. The van der Waals surface area contributed by atoms with Crippen LogP contribution in [0.15, 0.2) is 216 Å². The molecule has 0 radical (unpaired) electrons. The Balaban J connectivity index is 0.000000121. The van der Waals surface area contributed by atoms with Gasteiger partial charge in [0.05, 0.1) is 69.3 Å². The Kier molecular flexibility index (Phi) is 15.6. The lowest BCUT2D eigenvalue weighted by Crippen LogP contribution is -2.24. The van der Waals surface area contributed by atoms with Crippen molar-refractivity contribution in [1.82, 2.24) is 59.6 Å². The summed E-state index contributed by atoms with van der Waals surface area (Å²) in [4.78, 5) is 63.2. The number of hydrogen-bond donors (Lipinski definition) is 3. The zero-order chi connectivity index (χ0) is 63.7. The number of rotatable bonds is 14. The highest BCUT2D eigenvalue weighted by atomic mass is 16.5. The molecule has 15 aromatic rings. The van der Waals surface area contributed by atoms with Crippen molar-refractivity contribution in [3.63, 3.8) is 0 Å². The Morgan fingerprint density at radius 1 is 0.452 bits per heavy atom. The van der Waals surface area contributed by atoms with Crippen molar-refractivity contribution in [2.45, 2.75) is 25.8 Å². The second kappa shape index (κ2) is 24.9. The van der Waals surface area contributed by atoms with Gasteiger partial charge in [0.1, 0.15) is 70.0 Å². The Morgan fingerprint density at radius 3 is 1.14 bits per heavy atom. The van der Waals surface area contributed by atoms with Gasteiger partial charge < -0.3 is 57.1 Å². The van der Waals surface area contributed by atoms with E-state index in [1.54, 1.807) is 62.8 Å². The summed E-state index contributed by atoms with van der Waals surface area (Å²) >= 11 is 0. The summed E-state index contributed by atoms with van der Waals surface area (Å²) in [6.45, 7) is 2.44. The van der Waals surface area contributed by atoms with Crippen LogP contribution in [0, 0.1) is 0 Å². The molecule has 1 aliphatic carbocycles. The molecule has 0 spiro atoms. The van der Waals surface area contributed by atoms with Gasteiger partial charge >= 0.3 is 0 Å². The first-order valence-corrected chi connectivity index (χ1v) is 29.9. The van der Waals surface area contributed by atoms with Crippen LogP contribution in [0.5, 0.6) is 34.5 Å². The van der Waals surface area contributed by atoms with Gasteiger partial charge in [-0.1, -0.05) is 18.2 Å². The molecular formula is C72H58N12O9. The first-order chi connectivity index (χ1) is 45.4. The number of aromatic nitrogens is 9. The molecule has 0 bridgehead atoms. The topological polar surface area (TPSA) is 247 Å². The molecular weight excluding hydrogens is 1180 g/mol. The minimum absolute atomic E-state index is 0.0937. The molecule has 3 N–H and O–H groups in total. The van der Waals surface area contributed by atoms with E-state index in [0.717, 1.165) is 95.5 Å². The van der Waals surface area contributed by atoms with Crippen LogP contribution in [0.4, 0.5) is 0 Å². The fourth-order valence-corrected chi connectivity index (χ4v) is 10.8. The van der Waals surface area contributed by atoms with Crippen LogP contribution in [0.1, 0.15) is 50.8 Å². The third-order valence-electron chi connectivity index (χ3n) is 15.6. The maximum absolute atomic E-state index is 12.4. The fourth-order valence-electron chi connectivity index (χ4n) is 10.8. The standard InChI is InChI=1S/C25H20N4O3.C24H20N4O3.C23H18N4O3/c1-29-12-22(27-14-29)15-2-6-19-21(10-15)26-9-8-23(19)32-17-5-7-18-20(13-31-24(18)11-17)25(30)28-16-3-4-16;1-3-25-24(29)19-13-30-23-11-16(5-7-17(19)23)31-22-8-9-26-20-10-15(4-6-18(20)22)21-12-28(2)14-27-21;1-24-23(28)18-12-29-22-10-15(4-6-16(18)22)30-21-7-8-25-19-9-14(3-5-17(19)21)20-11-27(2)13-26-20/h2,5-14,16H,3-4H2,1H3,(H,28,30);4-14H,3H2,1-2H3,(H,25,29);3-13H,1-2H3,(H,24,28). The van der Waals surface area contributed by atoms with Crippen LogP contribution < -0.4 is 30.2 Å². The van der Waals surface area contributed by atoms with Crippen LogP contribution >= 0.6 is 0 Å². The fraction of sp³-hybridized carbons (Fsp3) is 0.125. The van der Waals surface area contributed by atoms with Gasteiger partial charge in [0, 0.05) is 145 Å². The van der Waals surface area contributed by atoms with Crippen molar-refractivity contribution in [2.75, 3.05) is 13.6 Å². The van der Waals surface area contributed by atoms with E-state index in [0.29, 0.717) is 80.5 Å². The number of fused-ring (bicyclic) bond motifs is 6. The molecule has 0 atom stereocenters. The summed E-state index contributed by atoms with van der Waals surface area (Å²) in [5.74, 6) is 3.49. The molecule has 1 saturated carbocycles. The third-order valence-corrected chi connectivity index (χ3v) is 15.6. The number of pyridine rings is 3. The highest BCUT2D eigenvalue weighted by Crippen LogP contribution is 2.38. The van der Waals surface area contributed by atoms with Gasteiger partial charge in [0.2, 0.25) is 0 Å². The van der Waals surface area contributed by atoms with Crippen LogP contribution in [-0.2, 0) is 21.1 Å². The number of carbonyl (C=O) groups excluding carboxylic acids is 3. The van der Waals surface area contributed by atoms with Crippen molar-refractivity contribution in [1.29, 1.82) is 0 Å². The molecule has 16 rings (SSSR count). The Morgan fingerprint density at radius 2 is 0.806 bits per heavy atom. The number of carbonyl (C=O) groups is 3.